The molecule has 11 aromatic carbocycles. The molecule has 2 unspecified atom stereocenters. The molecule has 1 aliphatic carbocycles. The van der Waals surface area contributed by atoms with Crippen LogP contribution in [0.1, 0.15) is 11.5 Å². The maximum atomic E-state index is 6.87. The number of allylic oxidation sites excluding steroid dienone is 2. The van der Waals surface area contributed by atoms with Crippen molar-refractivity contribution in [2.45, 2.75) is 12.0 Å². The molecule has 0 N–H and O–H groups in total. The molecule has 2 aromatic heterocycles. The van der Waals surface area contributed by atoms with E-state index >= 15 is 0 Å². The van der Waals surface area contributed by atoms with Gasteiger partial charge < -0.3 is 23.4 Å². The number of fused-ring (bicyclic) bond motifs is 13. The Kier molecular flexibility index (Phi) is 9.32. The van der Waals surface area contributed by atoms with Crippen LogP contribution in [0.4, 0.5) is 34.1 Å². The number of anilines is 6. The van der Waals surface area contributed by atoms with Crippen molar-refractivity contribution < 1.29 is 13.6 Å². The summed E-state index contributed by atoms with van der Waals surface area (Å²) in [6, 6.07) is 82.3. The quantitative estimate of drug-likeness (QED) is 0.152. The number of rotatable bonds is 8. The highest BCUT2D eigenvalue weighted by atomic mass is 16.5. The van der Waals surface area contributed by atoms with Gasteiger partial charge in [-0.15, -0.1) is 0 Å². The zero-order valence-corrected chi connectivity index (χ0v) is 39.5. The van der Waals surface area contributed by atoms with Crippen LogP contribution in [0.2, 0.25) is 0 Å². The smallest absolute Gasteiger partial charge is 0.159 e. The third-order valence-corrected chi connectivity index (χ3v) is 15.0. The van der Waals surface area contributed by atoms with Gasteiger partial charge in [-0.2, -0.15) is 0 Å². The monoisotopic (exact) mass is 936 g/mol. The van der Waals surface area contributed by atoms with Gasteiger partial charge in [0, 0.05) is 55.5 Å². The summed E-state index contributed by atoms with van der Waals surface area (Å²) in [7, 11) is 0. The van der Waals surface area contributed by atoms with Gasteiger partial charge in [-0.25, -0.2) is 0 Å². The van der Waals surface area contributed by atoms with Crippen LogP contribution in [-0.4, -0.2) is 6.10 Å². The number of benzene rings is 11. The lowest BCUT2D eigenvalue weighted by molar-refractivity contribution is 0.269. The lowest BCUT2D eigenvalue weighted by atomic mass is 9.91. The average molecular weight is 937 g/mol. The summed E-state index contributed by atoms with van der Waals surface area (Å²) in [6.07, 6.45) is 8.60. The third-order valence-electron chi connectivity index (χ3n) is 15.0. The summed E-state index contributed by atoms with van der Waals surface area (Å²) in [6.45, 7) is 0. The van der Waals surface area contributed by atoms with Gasteiger partial charge in [0.2, 0.25) is 0 Å². The van der Waals surface area contributed by atoms with Crippen LogP contribution in [0, 0.1) is 0 Å². The van der Waals surface area contributed by atoms with Crippen molar-refractivity contribution in [2.75, 3.05) is 9.80 Å². The predicted octanol–water partition coefficient (Wildman–Crippen LogP) is 19.0. The Morgan fingerprint density at radius 3 is 1.56 bits per heavy atom. The highest BCUT2D eigenvalue weighted by molar-refractivity contribution is 6.27. The van der Waals surface area contributed by atoms with Crippen LogP contribution >= 0.6 is 0 Å². The fourth-order valence-corrected chi connectivity index (χ4v) is 11.7. The maximum absolute atomic E-state index is 6.87. The summed E-state index contributed by atoms with van der Waals surface area (Å²) >= 11 is 0. The molecule has 3 heterocycles. The summed E-state index contributed by atoms with van der Waals surface area (Å²) in [5, 5.41) is 8.82. The van der Waals surface area contributed by atoms with Gasteiger partial charge in [-0.3, -0.25) is 0 Å². The van der Waals surface area contributed by atoms with Gasteiger partial charge in [-0.05, 0) is 105 Å². The first-order valence-corrected chi connectivity index (χ1v) is 25.0. The van der Waals surface area contributed by atoms with E-state index < -0.39 is 0 Å². The van der Waals surface area contributed by atoms with E-state index in [4.69, 9.17) is 13.6 Å². The number of furan rings is 2. The third kappa shape index (κ3) is 6.56. The van der Waals surface area contributed by atoms with E-state index in [1.165, 1.54) is 5.56 Å². The van der Waals surface area contributed by atoms with Gasteiger partial charge in [0.25, 0.3) is 0 Å². The molecule has 0 bridgehead atoms. The Hall–Kier alpha value is -9.58. The van der Waals surface area contributed by atoms with Crippen molar-refractivity contribution in [3.05, 3.63) is 260 Å². The SMILES string of the molecule is C1=CC2Oc3c(cccc3N(c3ccc4c(ccc5oc6ccc7cc(N(c8ccccc8-c8ccccc8)c8cccc9c8oc8ccccc89)ccc7c6c54)c3)c3ccccc3-c3ccccc3)C2C=C1. The Balaban J connectivity index is 0.912. The number of nitrogens with zero attached hydrogens (tertiary/aromatic N) is 2. The molecule has 13 aromatic rings. The summed E-state index contributed by atoms with van der Waals surface area (Å²) in [4.78, 5) is 4.74. The van der Waals surface area contributed by atoms with Gasteiger partial charge >= 0.3 is 0 Å². The summed E-state index contributed by atoms with van der Waals surface area (Å²) < 4.78 is 20.4. The first-order chi connectivity index (χ1) is 36.2. The van der Waals surface area contributed by atoms with Crippen molar-refractivity contribution in [3.8, 4) is 28.0 Å². The number of hydrogen-bond acceptors (Lipinski definition) is 5. The van der Waals surface area contributed by atoms with E-state index in [1.54, 1.807) is 0 Å². The second-order valence-electron chi connectivity index (χ2n) is 19.1. The lowest BCUT2D eigenvalue weighted by Crippen LogP contribution is -2.16. The topological polar surface area (TPSA) is 42.0 Å². The molecule has 0 radical (unpaired) electrons. The molecule has 0 spiro atoms. The van der Waals surface area contributed by atoms with E-state index in [2.05, 4.69) is 252 Å². The minimum atomic E-state index is -0.0448. The lowest BCUT2D eigenvalue weighted by Gasteiger charge is -2.29. The maximum Gasteiger partial charge on any atom is 0.159 e. The molecule has 2 aliphatic rings. The molecule has 0 fully saturated rings. The minimum absolute atomic E-state index is 0.0448. The molecule has 73 heavy (non-hydrogen) atoms. The standard InChI is InChI=1S/C68H44N2O3/c1-3-17-43(18-4-1)49-21-7-11-27-57(49)69(59-29-15-25-55-53-23-9-13-31-61(53)72-67(55)59)47-35-37-51-45(41-47)33-39-63-65(51)66-52-38-36-48(42-46(52)34-40-64(66)71-63)70(58-28-12-8-22-50(58)44-19-5-2-6-20-44)60-30-16-26-56-54-24-10-14-32-62(54)73-68(56)60/h1-42,53,61H. The summed E-state index contributed by atoms with van der Waals surface area (Å²) in [5.41, 5.74) is 15.3. The normalized spacial score (nSPS) is 14.8. The van der Waals surface area contributed by atoms with E-state index in [0.29, 0.717) is 0 Å². The van der Waals surface area contributed by atoms with Gasteiger partial charge in [0.05, 0.1) is 22.7 Å². The predicted molar refractivity (Wildman–Crippen MR) is 302 cm³/mol. The zero-order chi connectivity index (χ0) is 48.0. The fourth-order valence-electron chi connectivity index (χ4n) is 11.7. The average Bonchev–Trinajstić information content (AvgIpc) is 4.17. The first kappa shape index (κ1) is 41.2. The van der Waals surface area contributed by atoms with Crippen LogP contribution < -0.4 is 14.5 Å². The van der Waals surface area contributed by atoms with Crippen molar-refractivity contribution in [3.63, 3.8) is 0 Å². The molecular weight excluding hydrogens is 893 g/mol. The Morgan fingerprint density at radius 2 is 0.890 bits per heavy atom. The summed E-state index contributed by atoms with van der Waals surface area (Å²) in [5.74, 6) is 1.07. The highest BCUT2D eigenvalue weighted by Gasteiger charge is 2.36. The molecule has 1 aliphatic heterocycles. The van der Waals surface area contributed by atoms with Crippen LogP contribution in [-0.2, 0) is 0 Å². The van der Waals surface area contributed by atoms with E-state index in [9.17, 15) is 0 Å². The second kappa shape index (κ2) is 16.5. The van der Waals surface area contributed by atoms with Crippen molar-refractivity contribution in [1.82, 2.24) is 0 Å². The van der Waals surface area contributed by atoms with Gasteiger partial charge in [0.1, 0.15) is 28.6 Å². The van der Waals surface area contributed by atoms with E-state index in [1.807, 2.05) is 12.1 Å². The Morgan fingerprint density at radius 1 is 0.356 bits per heavy atom. The zero-order valence-electron chi connectivity index (χ0n) is 39.5. The van der Waals surface area contributed by atoms with Gasteiger partial charge in [0.15, 0.2) is 5.58 Å². The Bertz CT molecular complexity index is 4390. The molecule has 344 valence electrons. The second-order valence-corrected chi connectivity index (χ2v) is 19.1. The van der Waals surface area contributed by atoms with Crippen LogP contribution in [0.3, 0.4) is 0 Å². The van der Waals surface area contributed by atoms with E-state index in [-0.39, 0.29) is 12.0 Å². The fraction of sp³-hybridized carbons (Fsp3) is 0.0294. The highest BCUT2D eigenvalue weighted by Crippen LogP contribution is 2.53. The van der Waals surface area contributed by atoms with Crippen molar-refractivity contribution in [2.24, 2.45) is 0 Å². The van der Waals surface area contributed by atoms with Crippen molar-refractivity contribution in [1.29, 1.82) is 0 Å². The molecule has 0 saturated heterocycles. The number of ether oxygens (including phenoxy) is 1. The van der Waals surface area contributed by atoms with Crippen LogP contribution in [0.15, 0.2) is 264 Å². The molecule has 0 amide bonds. The van der Waals surface area contributed by atoms with Crippen LogP contribution in [0.5, 0.6) is 5.75 Å². The number of hydrogen-bond donors (Lipinski definition) is 0. The largest absolute Gasteiger partial charge is 0.483 e. The molecule has 2 atom stereocenters. The van der Waals surface area contributed by atoms with E-state index in [0.717, 1.165) is 128 Å². The minimum Gasteiger partial charge on any atom is -0.483 e. The first-order valence-electron chi connectivity index (χ1n) is 25.0. The molecular formula is C68H44N2O3. The Labute approximate surface area is 421 Å². The van der Waals surface area contributed by atoms with Crippen molar-refractivity contribution >= 4 is 99.5 Å². The molecule has 5 nitrogen and oxygen atoms in total. The molecule has 15 rings (SSSR count). The molecule has 0 saturated carbocycles. The van der Waals surface area contributed by atoms with Crippen LogP contribution in [0.25, 0.3) is 87.7 Å². The molecule has 5 heteroatoms. The number of para-hydroxylation sites is 5. The van der Waals surface area contributed by atoms with Gasteiger partial charge in [-0.1, -0.05) is 182 Å².